The molecule has 0 aliphatic rings. The highest BCUT2D eigenvalue weighted by Crippen LogP contribution is 2.26. The van der Waals surface area contributed by atoms with Gasteiger partial charge >= 0.3 is 5.97 Å². The zero-order valence-electron chi connectivity index (χ0n) is 10.8. The van der Waals surface area contributed by atoms with E-state index in [0.29, 0.717) is 5.56 Å². The molecule has 1 aromatic heterocycles. The normalized spacial score (nSPS) is 11.3. The number of rotatable bonds is 5. The Balaban J connectivity index is 2.22. The minimum absolute atomic E-state index is 0.0397. The first-order valence-electron chi connectivity index (χ1n) is 5.73. The predicted octanol–water partition coefficient (Wildman–Crippen LogP) is 2.23. The van der Waals surface area contributed by atoms with Gasteiger partial charge in [-0.1, -0.05) is 12.1 Å². The number of aromatic nitrogens is 1. The highest BCUT2D eigenvalue weighted by atomic mass is 32.2. The molecule has 0 saturated carbocycles. The summed E-state index contributed by atoms with van der Waals surface area (Å²) in [5.74, 6) is -2.10. The Labute approximate surface area is 124 Å². The number of hydrogen-bond acceptors (Lipinski definition) is 5. The summed E-state index contributed by atoms with van der Waals surface area (Å²) in [4.78, 5) is 11.1. The van der Waals surface area contributed by atoms with Gasteiger partial charge in [0.25, 0.3) is 0 Å². The Hall–Kier alpha value is -2.00. The quantitative estimate of drug-likeness (QED) is 0.876. The van der Waals surface area contributed by atoms with Crippen LogP contribution in [0.25, 0.3) is 0 Å². The highest BCUT2D eigenvalue weighted by molar-refractivity contribution is 7.92. The van der Waals surface area contributed by atoms with E-state index in [2.05, 4.69) is 9.10 Å². The summed E-state index contributed by atoms with van der Waals surface area (Å²) < 4.78 is 42.8. The summed E-state index contributed by atoms with van der Waals surface area (Å²) in [6.45, 7) is 1.48. The number of carboxylic acids is 1. The fraction of sp³-hybridized carbons (Fsp3) is 0.167. The van der Waals surface area contributed by atoms with Gasteiger partial charge in [0.1, 0.15) is 16.4 Å². The molecule has 0 aliphatic carbocycles. The molecule has 1 aromatic carbocycles. The number of nitrogens with one attached hydrogen (secondary N) is 1. The SMILES string of the molecule is Cc1nsc(NS(=O)(=O)Cc2ccc(F)cc2)c1C(=O)O. The molecule has 21 heavy (non-hydrogen) atoms. The predicted molar refractivity (Wildman–Crippen MR) is 76.5 cm³/mol. The first-order chi connectivity index (χ1) is 9.78. The van der Waals surface area contributed by atoms with Crippen LogP contribution in [0.1, 0.15) is 21.6 Å². The molecule has 6 nitrogen and oxygen atoms in total. The molecule has 0 spiro atoms. The van der Waals surface area contributed by atoms with E-state index in [1.165, 1.54) is 19.1 Å². The fourth-order valence-electron chi connectivity index (χ4n) is 1.67. The first-order valence-corrected chi connectivity index (χ1v) is 8.15. The van der Waals surface area contributed by atoms with Gasteiger partial charge in [0.15, 0.2) is 0 Å². The van der Waals surface area contributed by atoms with E-state index >= 15 is 0 Å². The molecule has 0 fully saturated rings. The van der Waals surface area contributed by atoms with Crippen LogP contribution in [-0.4, -0.2) is 23.9 Å². The maximum absolute atomic E-state index is 12.8. The number of benzene rings is 1. The maximum atomic E-state index is 12.8. The molecule has 2 rings (SSSR count). The highest BCUT2D eigenvalue weighted by Gasteiger charge is 2.22. The van der Waals surface area contributed by atoms with E-state index in [1.807, 2.05) is 0 Å². The Morgan fingerprint density at radius 2 is 2.00 bits per heavy atom. The first kappa shape index (κ1) is 15.4. The van der Waals surface area contributed by atoms with E-state index in [4.69, 9.17) is 5.11 Å². The van der Waals surface area contributed by atoms with Crippen LogP contribution in [0.3, 0.4) is 0 Å². The van der Waals surface area contributed by atoms with Crippen LogP contribution in [0.5, 0.6) is 0 Å². The van der Waals surface area contributed by atoms with Crippen LogP contribution in [0, 0.1) is 12.7 Å². The molecule has 0 bridgehead atoms. The number of carboxylic acid groups (broad SMARTS) is 1. The summed E-state index contributed by atoms with van der Waals surface area (Å²) in [5.41, 5.74) is 0.469. The lowest BCUT2D eigenvalue weighted by Gasteiger charge is -2.07. The molecule has 9 heteroatoms. The van der Waals surface area contributed by atoms with E-state index in [0.717, 1.165) is 23.7 Å². The van der Waals surface area contributed by atoms with Crippen LogP contribution in [0.15, 0.2) is 24.3 Å². The number of aryl methyl sites for hydroxylation is 1. The van der Waals surface area contributed by atoms with Gasteiger partial charge in [-0.15, -0.1) is 0 Å². The third-order valence-electron chi connectivity index (χ3n) is 2.59. The van der Waals surface area contributed by atoms with E-state index in [9.17, 15) is 17.6 Å². The Bertz CT molecular complexity index is 769. The van der Waals surface area contributed by atoms with Gasteiger partial charge in [0.2, 0.25) is 10.0 Å². The minimum atomic E-state index is -3.81. The van der Waals surface area contributed by atoms with E-state index in [-0.39, 0.29) is 22.0 Å². The summed E-state index contributed by atoms with van der Waals surface area (Å²) >= 11 is 0.763. The molecular formula is C12H11FN2O4S2. The molecule has 0 saturated heterocycles. The van der Waals surface area contributed by atoms with Gasteiger partial charge in [-0.25, -0.2) is 17.6 Å². The molecule has 0 aliphatic heterocycles. The van der Waals surface area contributed by atoms with Gasteiger partial charge in [-0.2, -0.15) is 4.37 Å². The molecule has 2 N–H and O–H groups in total. The van der Waals surface area contributed by atoms with E-state index in [1.54, 1.807) is 0 Å². The molecule has 1 heterocycles. The van der Waals surface area contributed by atoms with Crippen molar-refractivity contribution in [1.29, 1.82) is 0 Å². The summed E-state index contributed by atoms with van der Waals surface area (Å²) in [6, 6.07) is 5.02. The third-order valence-corrected chi connectivity index (χ3v) is 4.81. The largest absolute Gasteiger partial charge is 0.478 e. The number of hydrogen-bond donors (Lipinski definition) is 2. The molecule has 2 aromatic rings. The van der Waals surface area contributed by atoms with Crippen LogP contribution >= 0.6 is 11.5 Å². The van der Waals surface area contributed by atoms with Crippen molar-refractivity contribution in [3.05, 3.63) is 46.9 Å². The lowest BCUT2D eigenvalue weighted by Crippen LogP contribution is -2.16. The lowest BCUT2D eigenvalue weighted by atomic mass is 10.2. The summed E-state index contributed by atoms with van der Waals surface area (Å²) in [5, 5.41) is 9.00. The van der Waals surface area contributed by atoms with Crippen molar-refractivity contribution >= 4 is 32.5 Å². The van der Waals surface area contributed by atoms with Crippen molar-refractivity contribution in [2.45, 2.75) is 12.7 Å². The number of carbonyl (C=O) groups is 1. The third kappa shape index (κ3) is 3.76. The van der Waals surface area contributed by atoms with Gasteiger partial charge < -0.3 is 5.11 Å². The smallest absolute Gasteiger partial charge is 0.340 e. The van der Waals surface area contributed by atoms with Gasteiger partial charge in [0, 0.05) is 0 Å². The molecular weight excluding hydrogens is 319 g/mol. The number of anilines is 1. The zero-order valence-corrected chi connectivity index (χ0v) is 12.5. The minimum Gasteiger partial charge on any atom is -0.478 e. The Kier molecular flexibility index (Phi) is 4.24. The molecule has 0 unspecified atom stereocenters. The van der Waals surface area contributed by atoms with Crippen molar-refractivity contribution in [2.24, 2.45) is 0 Å². The molecule has 0 amide bonds. The number of halogens is 1. The second kappa shape index (κ2) is 5.78. The maximum Gasteiger partial charge on any atom is 0.340 e. The second-order valence-corrected chi connectivity index (χ2v) is 6.76. The van der Waals surface area contributed by atoms with Crippen LogP contribution in [-0.2, 0) is 15.8 Å². The Morgan fingerprint density at radius 1 is 1.38 bits per heavy atom. The van der Waals surface area contributed by atoms with Crippen LogP contribution in [0.2, 0.25) is 0 Å². The van der Waals surface area contributed by atoms with E-state index < -0.39 is 21.8 Å². The lowest BCUT2D eigenvalue weighted by molar-refractivity contribution is 0.0697. The van der Waals surface area contributed by atoms with Crippen LogP contribution in [0.4, 0.5) is 9.39 Å². The van der Waals surface area contributed by atoms with Gasteiger partial charge in [-0.05, 0) is 36.2 Å². The van der Waals surface area contributed by atoms with Crippen LogP contribution < -0.4 is 4.72 Å². The van der Waals surface area contributed by atoms with Crippen molar-refractivity contribution < 1.29 is 22.7 Å². The summed E-state index contributed by atoms with van der Waals surface area (Å²) in [6.07, 6.45) is 0. The number of nitrogens with zero attached hydrogens (tertiary/aromatic N) is 1. The molecule has 0 radical (unpaired) electrons. The second-order valence-electron chi connectivity index (χ2n) is 4.26. The molecule has 0 atom stereocenters. The standard InChI is InChI=1S/C12H11FN2O4S2/c1-7-10(12(16)17)11(20-14-7)15-21(18,19)6-8-2-4-9(13)5-3-8/h2-5,15H,6H2,1H3,(H,16,17). The fourth-order valence-corrected chi connectivity index (χ4v) is 3.93. The zero-order chi connectivity index (χ0) is 15.6. The number of sulfonamides is 1. The summed E-state index contributed by atoms with van der Waals surface area (Å²) in [7, 11) is -3.81. The Morgan fingerprint density at radius 3 is 2.57 bits per heavy atom. The monoisotopic (exact) mass is 330 g/mol. The van der Waals surface area contributed by atoms with Crippen molar-refractivity contribution in [1.82, 2.24) is 4.37 Å². The molecule has 112 valence electrons. The van der Waals surface area contributed by atoms with Crippen molar-refractivity contribution in [2.75, 3.05) is 4.72 Å². The van der Waals surface area contributed by atoms with Crippen molar-refractivity contribution in [3.63, 3.8) is 0 Å². The topological polar surface area (TPSA) is 96.4 Å². The number of aromatic carboxylic acids is 1. The van der Waals surface area contributed by atoms with Gasteiger partial charge in [-0.3, -0.25) is 4.72 Å². The van der Waals surface area contributed by atoms with Gasteiger partial charge in [0.05, 0.1) is 11.4 Å². The van der Waals surface area contributed by atoms with Crippen molar-refractivity contribution in [3.8, 4) is 0 Å². The average molecular weight is 330 g/mol. The average Bonchev–Trinajstić information content (AvgIpc) is 2.72.